The summed E-state index contributed by atoms with van der Waals surface area (Å²) in [5.74, 6) is 1.62. The summed E-state index contributed by atoms with van der Waals surface area (Å²) in [6.07, 6.45) is -0.317. The molecule has 6 aliphatic rings. The minimum Gasteiger partial charge on any atom is -0.393 e. The Bertz CT molecular complexity index is 886. The predicted octanol–water partition coefficient (Wildman–Crippen LogP) is 5.79. The molecule has 4 saturated carbocycles. The van der Waals surface area contributed by atoms with Gasteiger partial charge in [-0.3, -0.25) is 0 Å². The zero-order valence-electron chi connectivity index (χ0n) is 24.2. The maximum atomic E-state index is 10.7. The number of hydrogen-bond acceptors (Lipinski definition) is 3. The molecule has 2 saturated heterocycles. The van der Waals surface area contributed by atoms with Gasteiger partial charge in [-0.1, -0.05) is 27.7 Å². The van der Waals surface area contributed by atoms with E-state index in [-0.39, 0.29) is 23.9 Å². The molecule has 3 nitrogen and oxygen atoms in total. The number of fused-ring (bicyclic) bond motifs is 7. The van der Waals surface area contributed by atoms with Crippen molar-refractivity contribution in [3.8, 4) is 0 Å². The molecule has 4 aliphatic carbocycles. The van der Waals surface area contributed by atoms with Crippen molar-refractivity contribution in [3.05, 3.63) is 0 Å². The van der Waals surface area contributed by atoms with E-state index in [0.717, 1.165) is 45.1 Å². The number of rotatable bonds is 0. The molecule has 0 aromatic heterocycles. The SMILES string of the molecule is [2H]C1([2H])C[C@]2(C)[C@H]3CC[C@]4(C)[C@@H]5[C@H](C[C@H]4[C@@H]3CC[C@H]2C([2H])([2H])[C@@]1([2H])O)O[C@]1(CC[C@@H](C)CO1)[C@H]5C. The quantitative estimate of drug-likeness (QED) is 0.538. The summed E-state index contributed by atoms with van der Waals surface area (Å²) in [4.78, 5) is 0. The number of aliphatic hydroxyl groups is 1. The minimum atomic E-state index is -2.72. The van der Waals surface area contributed by atoms with Gasteiger partial charge in [0.15, 0.2) is 5.79 Å². The molecular formula is C27H44O3. The number of ether oxygens (including phenoxy) is 2. The third-order valence-electron chi connectivity index (χ3n) is 11.1. The zero-order valence-corrected chi connectivity index (χ0v) is 19.2. The molecule has 0 radical (unpaired) electrons. The average molecular weight is 422 g/mol. The van der Waals surface area contributed by atoms with Gasteiger partial charge < -0.3 is 14.6 Å². The zero-order chi connectivity index (χ0) is 25.4. The first kappa shape index (κ1) is 15.7. The van der Waals surface area contributed by atoms with E-state index in [1.165, 1.54) is 0 Å². The molecule has 0 aromatic rings. The van der Waals surface area contributed by atoms with E-state index in [2.05, 4.69) is 27.7 Å². The van der Waals surface area contributed by atoms with Gasteiger partial charge in [0, 0.05) is 17.8 Å². The van der Waals surface area contributed by atoms with Gasteiger partial charge in [0.2, 0.25) is 0 Å². The summed E-state index contributed by atoms with van der Waals surface area (Å²) in [6, 6.07) is 0. The maximum absolute atomic E-state index is 10.7. The van der Waals surface area contributed by atoms with Crippen LogP contribution in [0.5, 0.6) is 0 Å². The maximum Gasteiger partial charge on any atom is 0.171 e. The Morgan fingerprint density at radius 1 is 1.00 bits per heavy atom. The van der Waals surface area contributed by atoms with Crippen molar-refractivity contribution in [2.45, 2.75) is 110 Å². The van der Waals surface area contributed by atoms with Crippen LogP contribution in [0.4, 0.5) is 0 Å². The lowest BCUT2D eigenvalue weighted by Crippen LogP contribution is -2.55. The van der Waals surface area contributed by atoms with E-state index in [1.807, 2.05) is 0 Å². The van der Waals surface area contributed by atoms with E-state index in [9.17, 15) is 5.11 Å². The van der Waals surface area contributed by atoms with Crippen LogP contribution in [-0.2, 0) is 9.47 Å². The summed E-state index contributed by atoms with van der Waals surface area (Å²) < 4.78 is 56.1. The summed E-state index contributed by atoms with van der Waals surface area (Å²) in [5, 5.41) is 10.7. The Morgan fingerprint density at radius 3 is 2.60 bits per heavy atom. The van der Waals surface area contributed by atoms with E-state index in [4.69, 9.17) is 16.3 Å². The lowest BCUT2D eigenvalue weighted by molar-refractivity contribution is -0.273. The summed E-state index contributed by atoms with van der Waals surface area (Å²) in [6.45, 7) is 9.92. The van der Waals surface area contributed by atoms with Crippen LogP contribution < -0.4 is 0 Å². The van der Waals surface area contributed by atoms with Crippen LogP contribution in [0.1, 0.15) is 98.7 Å². The summed E-state index contributed by atoms with van der Waals surface area (Å²) in [5.41, 5.74) is -0.397. The van der Waals surface area contributed by atoms with E-state index in [0.29, 0.717) is 36.0 Å². The normalized spacial score (nSPS) is 70.8. The van der Waals surface area contributed by atoms with Crippen LogP contribution in [0.3, 0.4) is 0 Å². The standard InChI is InChI=1S/C27H44O3/c1-16-7-12-27(29-15-16)17(2)24-23(30-27)14-22-20-6-5-18-13-19(28)8-10-25(18,3)21(20)9-11-26(22,24)4/h16-24,28H,5-15H2,1-4H3/t16-,17+,18+,19+,20-,21+,22+,23+,24+,25+,26+,27-/m1/s1/i8D2,13D2,19D. The molecule has 0 unspecified atom stereocenters. The highest BCUT2D eigenvalue weighted by Crippen LogP contribution is 2.71. The van der Waals surface area contributed by atoms with E-state index in [1.54, 1.807) is 0 Å². The molecule has 1 N–H and O–H groups in total. The molecule has 170 valence electrons. The smallest absolute Gasteiger partial charge is 0.171 e. The average Bonchev–Trinajstić information content (AvgIpc) is 3.19. The molecule has 0 amide bonds. The Hall–Kier alpha value is -0.120. The molecule has 30 heavy (non-hydrogen) atoms. The molecule has 12 atom stereocenters. The Kier molecular flexibility index (Phi) is 3.50. The van der Waals surface area contributed by atoms with Gasteiger partial charge in [0.05, 0.1) is 20.2 Å². The van der Waals surface area contributed by atoms with Gasteiger partial charge >= 0.3 is 0 Å². The Labute approximate surface area is 190 Å². The fourth-order valence-electron chi connectivity index (χ4n) is 9.45. The van der Waals surface area contributed by atoms with Crippen molar-refractivity contribution in [3.63, 3.8) is 0 Å². The molecule has 3 heteroatoms. The molecule has 6 fully saturated rings. The first-order valence-electron chi connectivity index (χ1n) is 15.1. The van der Waals surface area contributed by atoms with Crippen molar-refractivity contribution in [1.82, 2.24) is 0 Å². The lowest BCUT2D eigenvalue weighted by Gasteiger charge is -2.61. The van der Waals surface area contributed by atoms with E-state index >= 15 is 0 Å². The van der Waals surface area contributed by atoms with Gasteiger partial charge in [0.25, 0.3) is 0 Å². The highest BCUT2D eigenvalue weighted by Gasteiger charge is 2.69. The molecule has 0 aromatic carbocycles. The summed E-state index contributed by atoms with van der Waals surface area (Å²) in [7, 11) is 0. The molecular weight excluding hydrogens is 372 g/mol. The predicted molar refractivity (Wildman–Crippen MR) is 118 cm³/mol. The molecule has 2 heterocycles. The fourth-order valence-corrected chi connectivity index (χ4v) is 9.45. The van der Waals surface area contributed by atoms with Crippen molar-refractivity contribution >= 4 is 0 Å². The third kappa shape index (κ3) is 2.61. The van der Waals surface area contributed by atoms with Crippen LogP contribution in [0.2, 0.25) is 0 Å². The molecule has 1 spiro atoms. The largest absolute Gasteiger partial charge is 0.393 e. The van der Waals surface area contributed by atoms with Gasteiger partial charge in [0.1, 0.15) is 0 Å². The monoisotopic (exact) mass is 421 g/mol. The third-order valence-corrected chi connectivity index (χ3v) is 11.1. The second kappa shape index (κ2) is 6.70. The van der Waals surface area contributed by atoms with Crippen molar-refractivity contribution in [2.75, 3.05) is 6.61 Å². The topological polar surface area (TPSA) is 38.7 Å². The van der Waals surface area contributed by atoms with Gasteiger partial charge in [-0.05, 0) is 104 Å². The van der Waals surface area contributed by atoms with Crippen molar-refractivity contribution in [1.29, 1.82) is 0 Å². The first-order chi connectivity index (χ1) is 16.1. The second-order valence-electron chi connectivity index (χ2n) is 12.4. The second-order valence-corrected chi connectivity index (χ2v) is 12.4. The van der Waals surface area contributed by atoms with Gasteiger partial charge in [-0.2, -0.15) is 0 Å². The van der Waals surface area contributed by atoms with Crippen LogP contribution in [0, 0.1) is 52.3 Å². The van der Waals surface area contributed by atoms with Crippen LogP contribution in [-0.4, -0.2) is 29.7 Å². The molecule has 0 bridgehead atoms. The first-order valence-corrected chi connectivity index (χ1v) is 12.6. The molecule has 6 rings (SSSR count). The Morgan fingerprint density at radius 2 is 1.83 bits per heavy atom. The highest BCUT2D eigenvalue weighted by molar-refractivity contribution is 5.15. The van der Waals surface area contributed by atoms with Crippen LogP contribution >= 0.6 is 0 Å². The fraction of sp³-hybridized carbons (Fsp3) is 1.00. The van der Waals surface area contributed by atoms with Crippen LogP contribution in [0.25, 0.3) is 0 Å². The van der Waals surface area contributed by atoms with Crippen molar-refractivity contribution in [2.24, 2.45) is 52.3 Å². The lowest BCUT2D eigenvalue weighted by atomic mass is 9.44. The molecule has 2 aliphatic heterocycles. The Balaban J connectivity index is 1.30. The van der Waals surface area contributed by atoms with Crippen molar-refractivity contribution < 1.29 is 21.4 Å². The summed E-state index contributed by atoms with van der Waals surface area (Å²) >= 11 is 0. The minimum absolute atomic E-state index is 0.0592. The van der Waals surface area contributed by atoms with Gasteiger partial charge in [-0.25, -0.2) is 0 Å². The van der Waals surface area contributed by atoms with E-state index < -0.39 is 35.9 Å². The highest BCUT2D eigenvalue weighted by atomic mass is 16.7. The number of hydrogen-bond donors (Lipinski definition) is 1. The van der Waals surface area contributed by atoms with Gasteiger partial charge in [-0.15, -0.1) is 0 Å². The van der Waals surface area contributed by atoms with Crippen LogP contribution in [0.15, 0.2) is 0 Å².